The van der Waals surface area contributed by atoms with Gasteiger partial charge in [0.05, 0.1) is 39.1 Å². The Morgan fingerprint density at radius 1 is 0.471 bits per heavy atom. The molecule has 0 radical (unpaired) electrons. The summed E-state index contributed by atoms with van der Waals surface area (Å²) in [6, 6.07) is 0. The standard InChI is InChI=1S/C30H54O13.C30H52O12/c31-18-21-23(34)25(36)27(38)29(41-21)43-28-26(37)24(35)22(19-32)42-30(28)40-17-15-13-11-9-7-5-3-1-2-4-6-8-10-12-14-16-39-20-33;1-19-15-13-11-9-7-5-3-2-4-6-8-10-12-14-16-22(33)41-27-21(18-32)40-29(26(37)25(27)36)42-28-24(35)23(34)20(17-31)39-30(28)38-19/h1-2,20-32,34-38H,3-19H2;2-3,19-21,23-32,34-37H,4-18H2,1H3/b2-1+;3-2+/t21?,22?,23-,24-,25+,26+,27?,28?,29+,30-;19?,20?,21?,23-,24+,25-,26?,27-,28?,29+,30-/m11/s1. The summed E-state index contributed by atoms with van der Waals surface area (Å²) in [6.07, 6.45) is 5.26. The van der Waals surface area contributed by atoms with Crippen molar-refractivity contribution in [2.24, 2.45) is 0 Å². The van der Waals surface area contributed by atoms with Gasteiger partial charge in [-0.2, -0.15) is 0 Å². The number of rotatable bonds is 25. The van der Waals surface area contributed by atoms with E-state index < -0.39 is 155 Å². The summed E-state index contributed by atoms with van der Waals surface area (Å²) in [5, 5.41) is 133. The van der Waals surface area contributed by atoms with Gasteiger partial charge in [0, 0.05) is 13.0 Å². The fourth-order valence-electron chi connectivity index (χ4n) is 10.8. The lowest BCUT2D eigenvalue weighted by molar-refractivity contribution is -0.371. The molecule has 85 heavy (non-hydrogen) atoms. The molecule has 0 aliphatic carbocycles. The van der Waals surface area contributed by atoms with Crippen LogP contribution in [0.25, 0.3) is 0 Å². The molecule has 4 fully saturated rings. The number of unbranched alkanes of at least 4 members (excludes halogenated alkanes) is 11. The molecule has 6 aliphatic rings. The molecule has 6 aliphatic heterocycles. The van der Waals surface area contributed by atoms with Crippen LogP contribution in [-0.2, 0) is 57.0 Å². The molecule has 0 aromatic rings. The molecule has 9 unspecified atom stereocenters. The van der Waals surface area contributed by atoms with Crippen molar-refractivity contribution in [3.63, 3.8) is 0 Å². The zero-order valence-corrected chi connectivity index (χ0v) is 49.9. The van der Waals surface area contributed by atoms with E-state index in [9.17, 15) is 76.0 Å². The van der Waals surface area contributed by atoms with Gasteiger partial charge >= 0.3 is 5.97 Å². The molecule has 0 spiro atoms. The third kappa shape index (κ3) is 26.1. The average Bonchev–Trinajstić information content (AvgIpc) is 3.36. The summed E-state index contributed by atoms with van der Waals surface area (Å²) >= 11 is 0. The summed E-state index contributed by atoms with van der Waals surface area (Å²) in [5.41, 5.74) is 0. The maximum absolute atomic E-state index is 12.5. The highest BCUT2D eigenvalue weighted by molar-refractivity contribution is 5.69. The highest BCUT2D eigenvalue weighted by atomic mass is 16.8. The Labute approximate surface area is 501 Å². The van der Waals surface area contributed by atoms with E-state index in [-0.39, 0.29) is 19.1 Å². The summed E-state index contributed by atoms with van der Waals surface area (Å²) in [7, 11) is 0. The molecule has 0 amide bonds. The lowest BCUT2D eigenvalue weighted by atomic mass is 9.97. The number of fused-ring (bicyclic) bond motifs is 19. The minimum absolute atomic E-state index is 0.129. The van der Waals surface area contributed by atoms with Crippen LogP contribution in [0.1, 0.15) is 174 Å². The number of aliphatic hydroxyl groups is 13. The number of allylic oxidation sites excluding steroid dienone is 4. The van der Waals surface area contributed by atoms with Crippen molar-refractivity contribution in [2.45, 2.75) is 303 Å². The van der Waals surface area contributed by atoms with Crippen LogP contribution in [0.15, 0.2) is 24.3 Å². The Kier molecular flexibility index (Phi) is 38.2. The zero-order chi connectivity index (χ0) is 61.9. The zero-order valence-electron chi connectivity index (χ0n) is 49.9. The maximum Gasteiger partial charge on any atom is 0.306 e. The predicted molar refractivity (Wildman–Crippen MR) is 304 cm³/mol. The second-order valence-electron chi connectivity index (χ2n) is 23.0. The number of ether oxygens (including phenoxy) is 10. The van der Waals surface area contributed by atoms with E-state index in [0.717, 1.165) is 122 Å². The molecule has 0 aromatic heterocycles. The first-order valence-corrected chi connectivity index (χ1v) is 31.4. The molecule has 0 aromatic carbocycles. The van der Waals surface area contributed by atoms with Crippen molar-refractivity contribution in [2.75, 3.05) is 39.6 Å². The van der Waals surface area contributed by atoms with E-state index >= 15 is 0 Å². The van der Waals surface area contributed by atoms with E-state index in [1.165, 1.54) is 19.3 Å². The lowest BCUT2D eigenvalue weighted by Crippen LogP contribution is -2.65. The van der Waals surface area contributed by atoms with Gasteiger partial charge in [0.25, 0.3) is 6.47 Å². The van der Waals surface area contributed by atoms with Crippen LogP contribution in [0.3, 0.4) is 0 Å². The Bertz CT molecular complexity index is 1780. The van der Waals surface area contributed by atoms with Gasteiger partial charge in [-0.05, 0) is 84.0 Å². The van der Waals surface area contributed by atoms with Crippen molar-refractivity contribution in [3.05, 3.63) is 24.3 Å². The lowest BCUT2D eigenvalue weighted by Gasteiger charge is -2.46. The van der Waals surface area contributed by atoms with Crippen LogP contribution in [0.5, 0.6) is 0 Å². The second kappa shape index (κ2) is 43.3. The first-order chi connectivity index (χ1) is 41.1. The Hall–Kier alpha value is -2.42. The van der Waals surface area contributed by atoms with Crippen LogP contribution in [0.2, 0.25) is 0 Å². The largest absolute Gasteiger partial charge is 0.468 e. The molecule has 496 valence electrons. The van der Waals surface area contributed by atoms with Gasteiger partial charge in [-0.25, -0.2) is 0 Å². The van der Waals surface area contributed by atoms with Crippen molar-refractivity contribution >= 4 is 12.4 Å². The quantitative estimate of drug-likeness (QED) is 0.0267. The van der Waals surface area contributed by atoms with Gasteiger partial charge in [0.15, 0.2) is 31.3 Å². The third-order valence-electron chi connectivity index (χ3n) is 16.1. The van der Waals surface area contributed by atoms with E-state index in [4.69, 9.17) is 42.6 Å². The summed E-state index contributed by atoms with van der Waals surface area (Å²) < 4.78 is 55.8. The molecular weight excluding hydrogens is 1120 g/mol. The van der Waals surface area contributed by atoms with Crippen LogP contribution in [0.4, 0.5) is 0 Å². The van der Waals surface area contributed by atoms with E-state index in [2.05, 4.69) is 29.0 Å². The minimum atomic E-state index is -1.73. The van der Waals surface area contributed by atoms with Crippen molar-refractivity contribution in [3.8, 4) is 0 Å². The second-order valence-corrected chi connectivity index (χ2v) is 23.0. The molecule has 13 N–H and O–H groups in total. The van der Waals surface area contributed by atoms with Crippen molar-refractivity contribution in [1.29, 1.82) is 0 Å². The van der Waals surface area contributed by atoms with Gasteiger partial charge in [-0.1, -0.05) is 108 Å². The van der Waals surface area contributed by atoms with Crippen molar-refractivity contribution < 1.29 is 123 Å². The first-order valence-electron chi connectivity index (χ1n) is 31.4. The van der Waals surface area contributed by atoms with Gasteiger partial charge in [0.1, 0.15) is 91.6 Å². The number of hydrogen-bond acceptors (Lipinski definition) is 25. The number of hydrogen-bond donors (Lipinski definition) is 13. The minimum Gasteiger partial charge on any atom is -0.468 e. The molecule has 0 saturated carbocycles. The number of carbonyl (C=O) groups is 2. The Morgan fingerprint density at radius 3 is 1.58 bits per heavy atom. The number of esters is 1. The van der Waals surface area contributed by atoms with E-state index in [1.54, 1.807) is 0 Å². The van der Waals surface area contributed by atoms with Gasteiger partial charge in [-0.3, -0.25) is 9.59 Å². The fourth-order valence-corrected chi connectivity index (χ4v) is 10.8. The average molecular weight is 1230 g/mol. The highest BCUT2D eigenvalue weighted by Gasteiger charge is 2.53. The molecule has 21 atom stereocenters. The monoisotopic (exact) mass is 1230 g/mol. The summed E-state index contributed by atoms with van der Waals surface area (Å²) in [6.45, 7) is 0.680. The Morgan fingerprint density at radius 2 is 0.965 bits per heavy atom. The maximum atomic E-state index is 12.5. The molecule has 6 rings (SSSR count). The van der Waals surface area contributed by atoms with Crippen molar-refractivity contribution in [1.82, 2.24) is 0 Å². The highest BCUT2D eigenvalue weighted by Crippen LogP contribution is 2.33. The number of carbonyl (C=O) groups excluding carboxylic acids is 2. The van der Waals surface area contributed by atoms with Crippen LogP contribution < -0.4 is 0 Å². The molecular formula is C60H106O25. The van der Waals surface area contributed by atoms with Crippen LogP contribution in [-0.4, -0.2) is 247 Å². The number of aliphatic hydroxyl groups excluding tert-OH is 13. The van der Waals surface area contributed by atoms with Crippen LogP contribution >= 0.6 is 0 Å². The molecule has 4 saturated heterocycles. The SMILES string of the molecule is CC1CCCCCC/C=C/CCCCCCCC(=O)O[C@@H]2C(CO)O[C@@H](OC3[C@H](O1)OC(CO)[C@@H](O)[C@@H]3O)C(O)[C@H]2O.O=COCCCCCCC/C=C/CCCCCCCCO[C@@H]1OC(CO)[C@@H](O)[C@H](O)C1O[C@@H]1OC(CO)[C@@H](O)[C@H](O)C1O. The molecule has 2 bridgehead atoms. The predicted octanol–water partition coefficient (Wildman–Crippen LogP) is 1.64. The Balaban J connectivity index is 0.000000364. The van der Waals surface area contributed by atoms with Gasteiger partial charge in [-0.15, -0.1) is 0 Å². The summed E-state index contributed by atoms with van der Waals surface area (Å²) in [4.78, 5) is 22.6. The topological polar surface area (TPSA) is 389 Å². The van der Waals surface area contributed by atoms with E-state index in [1.807, 2.05) is 6.92 Å². The molecule has 25 heteroatoms. The molecule has 25 nitrogen and oxygen atoms in total. The molecule has 6 heterocycles. The first kappa shape index (κ1) is 75.0. The van der Waals surface area contributed by atoms with E-state index in [0.29, 0.717) is 32.3 Å². The van der Waals surface area contributed by atoms with Crippen LogP contribution in [0, 0.1) is 0 Å². The van der Waals surface area contributed by atoms with Gasteiger partial charge < -0.3 is 114 Å². The smallest absolute Gasteiger partial charge is 0.306 e. The fraction of sp³-hybridized carbons (Fsp3) is 0.900. The third-order valence-corrected chi connectivity index (χ3v) is 16.1. The normalized spacial score (nSPS) is 37.5. The summed E-state index contributed by atoms with van der Waals surface area (Å²) in [5.74, 6) is -0.575. The van der Waals surface area contributed by atoms with Gasteiger partial charge in [0.2, 0.25) is 0 Å².